The maximum absolute atomic E-state index is 13.6. The smallest absolute Gasteiger partial charge is 0.318 e. The first kappa shape index (κ1) is 18.7. The van der Waals surface area contributed by atoms with Gasteiger partial charge in [0.1, 0.15) is 5.82 Å². The number of hydrogen-bond donors (Lipinski definition) is 1. The summed E-state index contributed by atoms with van der Waals surface area (Å²) < 4.78 is 24.3. The first-order chi connectivity index (χ1) is 11.3. The second-order valence-corrected chi connectivity index (χ2v) is 7.20. The van der Waals surface area contributed by atoms with Crippen molar-refractivity contribution in [2.75, 3.05) is 33.4 Å². The molecule has 2 rings (SSSR count). The molecule has 1 N–H and O–H groups in total. The second-order valence-electron chi connectivity index (χ2n) is 7.20. The van der Waals surface area contributed by atoms with E-state index in [2.05, 4.69) is 5.32 Å². The zero-order chi connectivity index (χ0) is 17.7. The number of amides is 2. The van der Waals surface area contributed by atoms with Gasteiger partial charge >= 0.3 is 6.03 Å². The van der Waals surface area contributed by atoms with Gasteiger partial charge in [0.05, 0.1) is 31.9 Å². The first-order valence-corrected chi connectivity index (χ1v) is 8.22. The molecule has 0 aliphatic carbocycles. The van der Waals surface area contributed by atoms with Crippen LogP contribution in [0.1, 0.15) is 32.4 Å². The average Bonchev–Trinajstić information content (AvgIpc) is 2.52. The van der Waals surface area contributed by atoms with Crippen molar-refractivity contribution >= 4 is 6.03 Å². The molecule has 0 saturated carbocycles. The van der Waals surface area contributed by atoms with Gasteiger partial charge < -0.3 is 19.7 Å². The predicted molar refractivity (Wildman–Crippen MR) is 90.3 cm³/mol. The maximum Gasteiger partial charge on any atom is 0.318 e. The van der Waals surface area contributed by atoms with Gasteiger partial charge in [0, 0.05) is 13.7 Å². The Kier molecular flexibility index (Phi) is 6.18. The van der Waals surface area contributed by atoms with Crippen molar-refractivity contribution in [3.05, 3.63) is 35.6 Å². The standard InChI is InChI=1S/C18H27FN2O3/c1-18(2,3)16(13-6-5-7-14(19)10-13)20-17(22)21-8-9-24-15(11-21)12-23-4/h5-7,10,15-16H,8-9,11-12H2,1-4H3,(H,20,22)/t15-,16-/m0/s1. The Morgan fingerprint density at radius 2 is 2.25 bits per heavy atom. The molecule has 2 amide bonds. The minimum Gasteiger partial charge on any atom is -0.382 e. The van der Waals surface area contributed by atoms with Crippen LogP contribution in [0.3, 0.4) is 0 Å². The number of benzene rings is 1. The Morgan fingerprint density at radius 3 is 2.88 bits per heavy atom. The third kappa shape index (κ3) is 4.92. The van der Waals surface area contributed by atoms with E-state index >= 15 is 0 Å². The lowest BCUT2D eigenvalue weighted by Gasteiger charge is -2.37. The van der Waals surface area contributed by atoms with Crippen LogP contribution in [0.2, 0.25) is 0 Å². The Morgan fingerprint density at radius 1 is 1.50 bits per heavy atom. The molecule has 1 aliphatic rings. The highest BCUT2D eigenvalue weighted by molar-refractivity contribution is 5.75. The molecular formula is C18H27FN2O3. The largest absolute Gasteiger partial charge is 0.382 e. The molecule has 0 spiro atoms. The van der Waals surface area contributed by atoms with Crippen molar-refractivity contribution in [3.63, 3.8) is 0 Å². The second kappa shape index (κ2) is 7.94. The number of methoxy groups -OCH3 is 1. The molecule has 0 bridgehead atoms. The van der Waals surface area contributed by atoms with E-state index in [9.17, 15) is 9.18 Å². The van der Waals surface area contributed by atoms with Crippen LogP contribution in [-0.4, -0.2) is 50.4 Å². The van der Waals surface area contributed by atoms with Crippen molar-refractivity contribution in [1.29, 1.82) is 0 Å². The fraction of sp³-hybridized carbons (Fsp3) is 0.611. The highest BCUT2D eigenvalue weighted by Crippen LogP contribution is 2.33. The third-order valence-corrected chi connectivity index (χ3v) is 4.09. The molecule has 1 aromatic carbocycles. The normalized spacial score (nSPS) is 19.9. The zero-order valence-corrected chi connectivity index (χ0v) is 14.8. The fourth-order valence-corrected chi connectivity index (χ4v) is 2.89. The van der Waals surface area contributed by atoms with Gasteiger partial charge in [0.15, 0.2) is 0 Å². The number of ether oxygens (including phenoxy) is 2. The molecule has 5 nitrogen and oxygen atoms in total. The van der Waals surface area contributed by atoms with E-state index in [0.717, 1.165) is 5.56 Å². The minimum atomic E-state index is -0.303. The topological polar surface area (TPSA) is 50.8 Å². The molecule has 24 heavy (non-hydrogen) atoms. The van der Waals surface area contributed by atoms with Gasteiger partial charge in [-0.05, 0) is 23.1 Å². The molecular weight excluding hydrogens is 311 g/mol. The summed E-state index contributed by atoms with van der Waals surface area (Å²) in [5, 5.41) is 3.06. The SMILES string of the molecule is COC[C@@H]1CN(C(=O)N[C@@H](c2cccc(F)c2)C(C)(C)C)CCO1. The number of hydrogen-bond acceptors (Lipinski definition) is 3. The quantitative estimate of drug-likeness (QED) is 0.918. The molecule has 1 aliphatic heterocycles. The van der Waals surface area contributed by atoms with Crippen molar-refractivity contribution < 1.29 is 18.7 Å². The number of nitrogens with one attached hydrogen (secondary N) is 1. The van der Waals surface area contributed by atoms with Gasteiger partial charge in [-0.25, -0.2) is 9.18 Å². The van der Waals surface area contributed by atoms with E-state index in [1.807, 2.05) is 26.8 Å². The number of rotatable bonds is 4. The van der Waals surface area contributed by atoms with Crippen molar-refractivity contribution in [3.8, 4) is 0 Å². The predicted octanol–water partition coefficient (Wildman–Crippen LogP) is 2.97. The summed E-state index contributed by atoms with van der Waals surface area (Å²) in [7, 11) is 1.61. The summed E-state index contributed by atoms with van der Waals surface area (Å²) in [6.07, 6.45) is -0.114. The number of urea groups is 1. The summed E-state index contributed by atoms with van der Waals surface area (Å²) in [5.41, 5.74) is 0.513. The maximum atomic E-state index is 13.6. The third-order valence-electron chi connectivity index (χ3n) is 4.09. The summed E-state index contributed by atoms with van der Waals surface area (Å²) in [6.45, 7) is 8.03. The van der Waals surface area contributed by atoms with Gasteiger partial charge in [0.25, 0.3) is 0 Å². The van der Waals surface area contributed by atoms with E-state index in [4.69, 9.17) is 9.47 Å². The highest BCUT2D eigenvalue weighted by Gasteiger charge is 2.31. The molecule has 0 unspecified atom stereocenters. The molecule has 1 aromatic rings. The van der Waals surface area contributed by atoms with Crippen LogP contribution in [0.15, 0.2) is 24.3 Å². The van der Waals surface area contributed by atoms with Gasteiger partial charge in [-0.1, -0.05) is 32.9 Å². The Labute approximate surface area is 143 Å². The lowest BCUT2D eigenvalue weighted by atomic mass is 9.82. The molecule has 6 heteroatoms. The molecule has 2 atom stereocenters. The minimum absolute atomic E-state index is 0.114. The monoisotopic (exact) mass is 338 g/mol. The van der Waals surface area contributed by atoms with Crippen LogP contribution < -0.4 is 5.32 Å². The molecule has 1 fully saturated rings. The fourth-order valence-electron chi connectivity index (χ4n) is 2.89. The van der Waals surface area contributed by atoms with Crippen LogP contribution in [0.4, 0.5) is 9.18 Å². The highest BCUT2D eigenvalue weighted by atomic mass is 19.1. The van der Waals surface area contributed by atoms with Crippen LogP contribution in [0.5, 0.6) is 0 Å². The summed E-state index contributed by atoms with van der Waals surface area (Å²) in [4.78, 5) is 14.4. The first-order valence-electron chi connectivity index (χ1n) is 8.22. The molecule has 1 saturated heterocycles. The van der Waals surface area contributed by atoms with E-state index in [1.165, 1.54) is 12.1 Å². The number of nitrogens with zero attached hydrogens (tertiary/aromatic N) is 1. The number of morpholine rings is 1. The number of halogens is 1. The van der Waals surface area contributed by atoms with Crippen LogP contribution >= 0.6 is 0 Å². The van der Waals surface area contributed by atoms with Crippen molar-refractivity contribution in [2.45, 2.75) is 32.9 Å². The van der Waals surface area contributed by atoms with E-state index in [0.29, 0.717) is 26.3 Å². The molecule has 0 radical (unpaired) electrons. The molecule has 134 valence electrons. The lowest BCUT2D eigenvalue weighted by Crippen LogP contribution is -2.52. The zero-order valence-electron chi connectivity index (χ0n) is 14.8. The summed E-state index contributed by atoms with van der Waals surface area (Å²) >= 11 is 0. The Hall–Kier alpha value is -1.66. The molecule has 1 heterocycles. The van der Waals surface area contributed by atoms with Crippen LogP contribution in [0.25, 0.3) is 0 Å². The van der Waals surface area contributed by atoms with Crippen molar-refractivity contribution in [1.82, 2.24) is 10.2 Å². The van der Waals surface area contributed by atoms with Crippen LogP contribution in [0, 0.1) is 11.2 Å². The summed E-state index contributed by atoms with van der Waals surface area (Å²) in [5.74, 6) is -0.303. The number of carbonyl (C=O) groups is 1. The Bertz CT molecular complexity index is 557. The van der Waals surface area contributed by atoms with E-state index in [-0.39, 0.29) is 29.4 Å². The average molecular weight is 338 g/mol. The van der Waals surface area contributed by atoms with Crippen LogP contribution in [-0.2, 0) is 9.47 Å². The van der Waals surface area contributed by atoms with Gasteiger partial charge in [-0.15, -0.1) is 0 Å². The Balaban J connectivity index is 2.10. The van der Waals surface area contributed by atoms with Gasteiger partial charge in [-0.3, -0.25) is 0 Å². The van der Waals surface area contributed by atoms with Gasteiger partial charge in [-0.2, -0.15) is 0 Å². The lowest BCUT2D eigenvalue weighted by molar-refractivity contribution is -0.0499. The van der Waals surface area contributed by atoms with Crippen molar-refractivity contribution in [2.24, 2.45) is 5.41 Å². The van der Waals surface area contributed by atoms with E-state index < -0.39 is 0 Å². The molecule has 0 aromatic heterocycles. The van der Waals surface area contributed by atoms with Gasteiger partial charge in [0.2, 0.25) is 0 Å². The summed E-state index contributed by atoms with van der Waals surface area (Å²) in [6, 6.07) is 5.93. The van der Waals surface area contributed by atoms with E-state index in [1.54, 1.807) is 18.1 Å². The number of carbonyl (C=O) groups excluding carboxylic acids is 1.